The van der Waals surface area contributed by atoms with E-state index in [9.17, 15) is 0 Å². The van der Waals surface area contributed by atoms with Crippen LogP contribution in [0.5, 0.6) is 0 Å². The van der Waals surface area contributed by atoms with E-state index in [2.05, 4.69) is 103 Å². The zero-order chi connectivity index (χ0) is 22.1. The molecule has 0 bridgehead atoms. The average Bonchev–Trinajstić information content (AvgIpc) is 3.51. The Kier molecular flexibility index (Phi) is 4.05. The molecular formula is C29H20N2S2. The molecule has 0 N–H and O–H groups in total. The second-order valence-corrected chi connectivity index (χ2v) is 10.6. The summed E-state index contributed by atoms with van der Waals surface area (Å²) in [7, 11) is 0. The Morgan fingerprint density at radius 3 is 2.30 bits per heavy atom. The van der Waals surface area contributed by atoms with Gasteiger partial charge in [0.2, 0.25) is 0 Å². The van der Waals surface area contributed by atoms with E-state index in [1.54, 1.807) is 11.3 Å². The molecule has 0 radical (unpaired) electrons. The number of hydrogen-bond acceptors (Lipinski definition) is 3. The molecule has 2 nitrogen and oxygen atoms in total. The first-order chi connectivity index (χ1) is 16.2. The molecule has 0 aliphatic carbocycles. The maximum absolute atomic E-state index is 5.28. The van der Waals surface area contributed by atoms with E-state index in [1.807, 2.05) is 11.3 Å². The molecule has 0 atom stereocenters. The van der Waals surface area contributed by atoms with Crippen molar-refractivity contribution in [3.05, 3.63) is 96.2 Å². The highest BCUT2D eigenvalue weighted by Crippen LogP contribution is 2.46. The van der Waals surface area contributed by atoms with E-state index in [0.29, 0.717) is 0 Å². The number of para-hydroxylation sites is 1. The lowest BCUT2D eigenvalue weighted by Crippen LogP contribution is -1.95. The molecule has 4 heteroatoms. The van der Waals surface area contributed by atoms with E-state index in [-0.39, 0.29) is 0 Å². The second-order valence-electron chi connectivity index (χ2n) is 8.50. The van der Waals surface area contributed by atoms with Gasteiger partial charge in [0.1, 0.15) is 0 Å². The molecule has 0 amide bonds. The first-order valence-corrected chi connectivity index (χ1v) is 12.7. The molecule has 0 aliphatic rings. The van der Waals surface area contributed by atoms with Gasteiger partial charge in [0.05, 0.1) is 15.7 Å². The Labute approximate surface area is 199 Å². The number of benzene rings is 4. The Bertz CT molecular complexity index is 1830. The van der Waals surface area contributed by atoms with Gasteiger partial charge in [-0.15, -0.1) is 11.3 Å². The van der Waals surface area contributed by atoms with Gasteiger partial charge in [-0.05, 0) is 43.2 Å². The summed E-state index contributed by atoms with van der Waals surface area (Å²) in [6, 6.07) is 30.4. The Balaban J connectivity index is 1.62. The first kappa shape index (κ1) is 19.0. The SMILES string of the molecule is Cc1c(C)n(-c2nc3c(cc(-c4ccccc4)c4sc5ccccc5c43)s2)c2ccccc12. The van der Waals surface area contributed by atoms with Crippen molar-refractivity contribution in [1.82, 2.24) is 9.55 Å². The third kappa shape index (κ3) is 2.68. The molecule has 158 valence electrons. The van der Waals surface area contributed by atoms with Crippen molar-refractivity contribution in [2.75, 3.05) is 0 Å². The summed E-state index contributed by atoms with van der Waals surface area (Å²) < 4.78 is 6.19. The molecule has 0 aliphatic heterocycles. The number of hydrogen-bond donors (Lipinski definition) is 0. The summed E-state index contributed by atoms with van der Waals surface area (Å²) in [6.45, 7) is 4.41. The molecule has 7 aromatic rings. The van der Waals surface area contributed by atoms with Crippen molar-refractivity contribution in [2.24, 2.45) is 0 Å². The zero-order valence-corrected chi connectivity index (χ0v) is 19.9. The molecule has 0 unspecified atom stereocenters. The number of aryl methyl sites for hydroxylation is 1. The number of rotatable bonds is 2. The fourth-order valence-corrected chi connectivity index (χ4v) is 7.29. The first-order valence-electron chi connectivity index (χ1n) is 11.1. The van der Waals surface area contributed by atoms with Crippen LogP contribution in [0.4, 0.5) is 0 Å². The van der Waals surface area contributed by atoms with Crippen molar-refractivity contribution < 1.29 is 0 Å². The minimum absolute atomic E-state index is 1.04. The van der Waals surface area contributed by atoms with Gasteiger partial charge < -0.3 is 0 Å². The molecule has 3 heterocycles. The van der Waals surface area contributed by atoms with E-state index in [0.717, 1.165) is 10.6 Å². The van der Waals surface area contributed by atoms with Crippen LogP contribution in [-0.4, -0.2) is 9.55 Å². The highest BCUT2D eigenvalue weighted by molar-refractivity contribution is 7.27. The molecule has 0 fully saturated rings. The van der Waals surface area contributed by atoms with Gasteiger partial charge in [-0.3, -0.25) is 4.57 Å². The van der Waals surface area contributed by atoms with Gasteiger partial charge in [0.25, 0.3) is 0 Å². The summed E-state index contributed by atoms with van der Waals surface area (Å²) >= 11 is 3.66. The number of thiazole rings is 1. The van der Waals surface area contributed by atoms with Crippen LogP contribution in [0, 0.1) is 13.8 Å². The fraction of sp³-hybridized carbons (Fsp3) is 0.0690. The molecule has 7 rings (SSSR count). The van der Waals surface area contributed by atoms with Crippen molar-refractivity contribution in [1.29, 1.82) is 0 Å². The molecular weight excluding hydrogens is 440 g/mol. The minimum Gasteiger partial charge on any atom is -0.290 e. The molecule has 0 saturated carbocycles. The average molecular weight is 461 g/mol. The molecule has 3 aromatic heterocycles. The quantitative estimate of drug-likeness (QED) is 0.252. The van der Waals surface area contributed by atoms with Gasteiger partial charge in [-0.1, -0.05) is 78.1 Å². The Hall–Kier alpha value is -3.47. The number of thiophene rings is 1. The van der Waals surface area contributed by atoms with Crippen LogP contribution in [-0.2, 0) is 0 Å². The molecule has 0 saturated heterocycles. The fourth-order valence-electron chi connectivity index (χ4n) is 4.97. The van der Waals surface area contributed by atoms with E-state index >= 15 is 0 Å². The van der Waals surface area contributed by atoms with Crippen molar-refractivity contribution in [3.8, 4) is 16.3 Å². The topological polar surface area (TPSA) is 17.8 Å². The van der Waals surface area contributed by atoms with Crippen LogP contribution in [0.2, 0.25) is 0 Å². The lowest BCUT2D eigenvalue weighted by Gasteiger charge is -2.04. The summed E-state index contributed by atoms with van der Waals surface area (Å²) in [6.07, 6.45) is 0. The molecule has 0 spiro atoms. The number of nitrogens with zero attached hydrogens (tertiary/aromatic N) is 2. The highest BCUT2D eigenvalue weighted by Gasteiger charge is 2.20. The third-order valence-corrected chi connectivity index (χ3v) is 8.89. The van der Waals surface area contributed by atoms with Gasteiger partial charge in [0, 0.05) is 36.8 Å². The van der Waals surface area contributed by atoms with Crippen LogP contribution in [0.15, 0.2) is 84.9 Å². The van der Waals surface area contributed by atoms with Crippen LogP contribution in [0.25, 0.3) is 57.6 Å². The molecule has 4 aromatic carbocycles. The lowest BCUT2D eigenvalue weighted by molar-refractivity contribution is 1.03. The van der Waals surface area contributed by atoms with Gasteiger partial charge in [-0.25, -0.2) is 4.98 Å². The summed E-state index contributed by atoms with van der Waals surface area (Å²) in [5.41, 5.74) is 7.45. The second kappa shape index (κ2) is 7.01. The van der Waals surface area contributed by atoms with E-state index < -0.39 is 0 Å². The van der Waals surface area contributed by atoms with E-state index in [1.165, 1.54) is 58.2 Å². The normalized spacial score (nSPS) is 11.9. The monoisotopic (exact) mass is 460 g/mol. The summed E-state index contributed by atoms with van der Waals surface area (Å²) in [4.78, 5) is 5.28. The lowest BCUT2D eigenvalue weighted by atomic mass is 10.0. The van der Waals surface area contributed by atoms with Gasteiger partial charge in [0.15, 0.2) is 5.13 Å². The summed E-state index contributed by atoms with van der Waals surface area (Å²) in [5.74, 6) is 0. The van der Waals surface area contributed by atoms with Crippen molar-refractivity contribution >= 4 is 64.0 Å². The summed E-state index contributed by atoms with van der Waals surface area (Å²) in [5, 5.41) is 4.90. The van der Waals surface area contributed by atoms with Crippen LogP contribution >= 0.6 is 22.7 Å². The maximum atomic E-state index is 5.28. The third-order valence-electron chi connectivity index (χ3n) is 6.70. The largest absolute Gasteiger partial charge is 0.290 e. The maximum Gasteiger partial charge on any atom is 0.195 e. The van der Waals surface area contributed by atoms with Crippen molar-refractivity contribution in [2.45, 2.75) is 13.8 Å². The van der Waals surface area contributed by atoms with Crippen LogP contribution in [0.1, 0.15) is 11.3 Å². The predicted octanol–water partition coefficient (Wildman–Crippen LogP) is 8.89. The van der Waals surface area contributed by atoms with Crippen LogP contribution < -0.4 is 0 Å². The van der Waals surface area contributed by atoms with E-state index in [4.69, 9.17) is 4.98 Å². The smallest absolute Gasteiger partial charge is 0.195 e. The van der Waals surface area contributed by atoms with Crippen molar-refractivity contribution in [3.63, 3.8) is 0 Å². The van der Waals surface area contributed by atoms with Crippen LogP contribution in [0.3, 0.4) is 0 Å². The Morgan fingerprint density at radius 2 is 1.45 bits per heavy atom. The number of fused-ring (bicyclic) bond motifs is 6. The highest BCUT2D eigenvalue weighted by atomic mass is 32.1. The zero-order valence-electron chi connectivity index (χ0n) is 18.3. The van der Waals surface area contributed by atoms with Gasteiger partial charge >= 0.3 is 0 Å². The predicted molar refractivity (Wildman–Crippen MR) is 144 cm³/mol. The number of aromatic nitrogens is 2. The minimum atomic E-state index is 1.04. The molecule has 33 heavy (non-hydrogen) atoms. The van der Waals surface area contributed by atoms with Gasteiger partial charge in [-0.2, -0.15) is 0 Å². The Morgan fingerprint density at radius 1 is 0.727 bits per heavy atom. The standard InChI is InChI=1S/C29H20N2S2/c1-17-18(2)31(23-14-8-6-12-20(17)23)29-30-27-25(33-29)16-22(19-10-4-3-5-11-19)28-26(27)21-13-7-9-15-24(21)32-28/h3-16H,1-2H3.